The Kier molecular flexibility index (Phi) is 4.51. The molecule has 0 saturated carbocycles. The molecule has 10 heteroatoms. The Morgan fingerprint density at radius 3 is 1.80 bits per heavy atom. The van der Waals surface area contributed by atoms with Gasteiger partial charge in [-0.05, 0) is 35.4 Å². The van der Waals surface area contributed by atoms with Gasteiger partial charge in [-0.15, -0.1) is 0 Å². The van der Waals surface area contributed by atoms with E-state index in [0.717, 1.165) is 18.2 Å². The van der Waals surface area contributed by atoms with Crippen LogP contribution in [-0.4, -0.2) is 16.2 Å². The molecule has 134 valence electrons. The van der Waals surface area contributed by atoms with Gasteiger partial charge in [0.1, 0.15) is 0 Å². The van der Waals surface area contributed by atoms with Crippen LogP contribution in [-0.2, 0) is 11.8 Å². The number of hydrogen-bond donors (Lipinski definition) is 1. The number of hydrogen-bond acceptors (Lipinski definition) is 3. The number of aliphatic hydroxyl groups is 1. The molecule has 0 amide bonds. The molecule has 1 unspecified atom stereocenters. The van der Waals surface area contributed by atoms with E-state index in [2.05, 4.69) is 0 Å². The number of nitro groups is 1. The Bertz CT molecular complexity index is 785. The van der Waals surface area contributed by atoms with Gasteiger partial charge in [-0.3, -0.25) is 10.1 Å². The molecule has 0 fully saturated rings. The van der Waals surface area contributed by atoms with Crippen molar-refractivity contribution in [2.24, 2.45) is 0 Å². The monoisotopic (exact) mass is 365 g/mol. The molecular formula is C15H9F6NO3. The van der Waals surface area contributed by atoms with Gasteiger partial charge in [0.25, 0.3) is 5.69 Å². The van der Waals surface area contributed by atoms with Gasteiger partial charge in [0.15, 0.2) is 0 Å². The first kappa shape index (κ1) is 18.7. The fourth-order valence-corrected chi connectivity index (χ4v) is 2.24. The third kappa shape index (κ3) is 3.43. The standard InChI is InChI=1S/C15H9F6NO3/c16-14(17,18)11-3-1-2-10(8-11)13(23,15(19,20)21)9-4-6-12(7-5-9)22(24)25/h1-8,23H. The van der Waals surface area contributed by atoms with E-state index in [0.29, 0.717) is 24.3 Å². The quantitative estimate of drug-likeness (QED) is 0.498. The zero-order valence-electron chi connectivity index (χ0n) is 12.1. The van der Waals surface area contributed by atoms with Crippen molar-refractivity contribution in [3.8, 4) is 0 Å². The van der Waals surface area contributed by atoms with Crippen LogP contribution in [0.2, 0.25) is 0 Å². The number of nitrogens with zero attached hydrogens (tertiary/aromatic N) is 1. The topological polar surface area (TPSA) is 63.4 Å². The van der Waals surface area contributed by atoms with E-state index in [-0.39, 0.29) is 6.07 Å². The van der Waals surface area contributed by atoms with Crippen LogP contribution < -0.4 is 0 Å². The fraction of sp³-hybridized carbons (Fsp3) is 0.200. The summed E-state index contributed by atoms with van der Waals surface area (Å²) in [5, 5.41) is 20.8. The molecule has 0 aliphatic carbocycles. The van der Waals surface area contributed by atoms with E-state index >= 15 is 0 Å². The van der Waals surface area contributed by atoms with Gasteiger partial charge in [-0.2, -0.15) is 26.3 Å². The van der Waals surface area contributed by atoms with Crippen molar-refractivity contribution in [1.82, 2.24) is 0 Å². The van der Waals surface area contributed by atoms with E-state index in [1.54, 1.807) is 0 Å². The van der Waals surface area contributed by atoms with Crippen LogP contribution >= 0.6 is 0 Å². The molecule has 2 aromatic rings. The number of benzene rings is 2. The third-order valence-electron chi connectivity index (χ3n) is 3.51. The molecule has 0 aromatic heterocycles. The normalized spacial score (nSPS) is 14.8. The first-order valence-electron chi connectivity index (χ1n) is 6.59. The highest BCUT2D eigenvalue weighted by Crippen LogP contribution is 2.45. The molecule has 25 heavy (non-hydrogen) atoms. The zero-order valence-corrected chi connectivity index (χ0v) is 12.1. The minimum Gasteiger partial charge on any atom is -0.372 e. The van der Waals surface area contributed by atoms with Crippen LogP contribution in [0.25, 0.3) is 0 Å². The van der Waals surface area contributed by atoms with Crippen molar-refractivity contribution < 1.29 is 36.4 Å². The lowest BCUT2D eigenvalue weighted by atomic mass is 9.84. The average molecular weight is 365 g/mol. The molecule has 0 aliphatic heterocycles. The summed E-state index contributed by atoms with van der Waals surface area (Å²) in [7, 11) is 0. The fourth-order valence-electron chi connectivity index (χ4n) is 2.24. The first-order chi connectivity index (χ1) is 11.4. The van der Waals surface area contributed by atoms with Crippen molar-refractivity contribution >= 4 is 5.69 Å². The first-order valence-corrected chi connectivity index (χ1v) is 6.59. The highest BCUT2D eigenvalue weighted by molar-refractivity contribution is 5.43. The number of alkyl halides is 6. The predicted octanol–water partition coefficient (Wildman–Crippen LogP) is 4.41. The second-order valence-electron chi connectivity index (χ2n) is 5.09. The average Bonchev–Trinajstić information content (AvgIpc) is 2.52. The van der Waals surface area contributed by atoms with Crippen molar-refractivity contribution in [3.05, 3.63) is 75.3 Å². The largest absolute Gasteiger partial charge is 0.425 e. The van der Waals surface area contributed by atoms with E-state index in [1.807, 2.05) is 0 Å². The Labute approximate surface area is 136 Å². The molecule has 0 spiro atoms. The Morgan fingerprint density at radius 2 is 1.36 bits per heavy atom. The van der Waals surface area contributed by atoms with Gasteiger partial charge in [0.2, 0.25) is 5.60 Å². The zero-order chi connectivity index (χ0) is 19.0. The van der Waals surface area contributed by atoms with Crippen LogP contribution in [0.4, 0.5) is 32.0 Å². The van der Waals surface area contributed by atoms with Gasteiger partial charge in [0, 0.05) is 12.1 Å². The molecule has 0 radical (unpaired) electrons. The SMILES string of the molecule is O=[N+]([O-])c1ccc(C(O)(c2cccc(C(F)(F)F)c2)C(F)(F)F)cc1. The summed E-state index contributed by atoms with van der Waals surface area (Å²) >= 11 is 0. The summed E-state index contributed by atoms with van der Waals surface area (Å²) in [5.74, 6) is 0. The van der Waals surface area contributed by atoms with E-state index in [1.165, 1.54) is 0 Å². The van der Waals surface area contributed by atoms with Crippen molar-refractivity contribution in [2.45, 2.75) is 18.0 Å². The van der Waals surface area contributed by atoms with Gasteiger partial charge >= 0.3 is 12.4 Å². The van der Waals surface area contributed by atoms with Crippen LogP contribution in [0.3, 0.4) is 0 Å². The Morgan fingerprint density at radius 1 is 0.840 bits per heavy atom. The third-order valence-corrected chi connectivity index (χ3v) is 3.51. The lowest BCUT2D eigenvalue weighted by Crippen LogP contribution is -2.43. The number of nitro benzene ring substituents is 1. The maximum absolute atomic E-state index is 13.5. The molecule has 2 aromatic carbocycles. The summed E-state index contributed by atoms with van der Waals surface area (Å²) in [5.41, 5.74) is -7.55. The summed E-state index contributed by atoms with van der Waals surface area (Å²) in [6, 6.07) is 4.92. The summed E-state index contributed by atoms with van der Waals surface area (Å²) in [6.07, 6.45) is -10.3. The molecule has 0 heterocycles. The maximum atomic E-state index is 13.5. The van der Waals surface area contributed by atoms with Crippen molar-refractivity contribution in [1.29, 1.82) is 0 Å². The van der Waals surface area contributed by atoms with Crippen LogP contribution in [0.15, 0.2) is 48.5 Å². The minimum atomic E-state index is -5.37. The number of non-ortho nitro benzene ring substituents is 1. The van der Waals surface area contributed by atoms with Gasteiger partial charge in [-0.1, -0.05) is 12.1 Å². The van der Waals surface area contributed by atoms with Gasteiger partial charge in [0.05, 0.1) is 10.5 Å². The highest BCUT2D eigenvalue weighted by Gasteiger charge is 2.56. The smallest absolute Gasteiger partial charge is 0.372 e. The molecule has 2 rings (SSSR count). The maximum Gasteiger partial charge on any atom is 0.425 e. The number of halogens is 6. The van der Waals surface area contributed by atoms with E-state index < -0.39 is 45.3 Å². The van der Waals surface area contributed by atoms with Crippen LogP contribution in [0.1, 0.15) is 16.7 Å². The molecule has 0 aliphatic rings. The summed E-state index contributed by atoms with van der Waals surface area (Å²) < 4.78 is 78.8. The summed E-state index contributed by atoms with van der Waals surface area (Å²) in [6.45, 7) is 0. The molecule has 1 atom stereocenters. The second kappa shape index (κ2) is 6.03. The Hall–Kier alpha value is -2.62. The van der Waals surface area contributed by atoms with Crippen LogP contribution in [0, 0.1) is 10.1 Å². The highest BCUT2D eigenvalue weighted by atomic mass is 19.4. The second-order valence-corrected chi connectivity index (χ2v) is 5.09. The lowest BCUT2D eigenvalue weighted by molar-refractivity contribution is -0.384. The molecule has 0 bridgehead atoms. The minimum absolute atomic E-state index is 0.189. The molecular weight excluding hydrogens is 356 g/mol. The van der Waals surface area contributed by atoms with Gasteiger partial charge < -0.3 is 5.11 Å². The molecule has 1 N–H and O–H groups in total. The van der Waals surface area contributed by atoms with E-state index in [4.69, 9.17) is 0 Å². The molecule has 0 saturated heterocycles. The molecule has 4 nitrogen and oxygen atoms in total. The predicted molar refractivity (Wildman–Crippen MR) is 73.6 cm³/mol. The van der Waals surface area contributed by atoms with Crippen molar-refractivity contribution in [2.75, 3.05) is 0 Å². The van der Waals surface area contributed by atoms with Gasteiger partial charge in [-0.25, -0.2) is 0 Å². The van der Waals surface area contributed by atoms with Crippen LogP contribution in [0.5, 0.6) is 0 Å². The number of rotatable bonds is 3. The Balaban J connectivity index is 2.66. The van der Waals surface area contributed by atoms with Crippen molar-refractivity contribution in [3.63, 3.8) is 0 Å². The summed E-state index contributed by atoms with van der Waals surface area (Å²) in [4.78, 5) is 9.72. The lowest BCUT2D eigenvalue weighted by Gasteiger charge is -2.31. The van der Waals surface area contributed by atoms with E-state index in [9.17, 15) is 41.6 Å².